The molecule has 0 aromatic heterocycles. The highest BCUT2D eigenvalue weighted by atomic mass is 19.3. The van der Waals surface area contributed by atoms with Crippen LogP contribution in [0.15, 0.2) is 18.2 Å². The summed E-state index contributed by atoms with van der Waals surface area (Å²) in [4.78, 5) is 12.2. The van der Waals surface area contributed by atoms with Gasteiger partial charge in [-0.2, -0.15) is 0 Å². The quantitative estimate of drug-likeness (QED) is 0.880. The molecule has 1 aromatic rings. The van der Waals surface area contributed by atoms with Gasteiger partial charge in [0.05, 0.1) is 0 Å². The Kier molecular flexibility index (Phi) is 3.93. The maximum Gasteiger partial charge on any atom is 0.248 e. The number of anilines is 1. The number of hydrogen-bond acceptors (Lipinski definition) is 2. The Morgan fingerprint density at radius 2 is 2.00 bits per heavy atom. The van der Waals surface area contributed by atoms with Crippen molar-refractivity contribution in [1.82, 2.24) is 5.32 Å². The van der Waals surface area contributed by atoms with Gasteiger partial charge in [0.1, 0.15) is 0 Å². The van der Waals surface area contributed by atoms with Gasteiger partial charge in [-0.3, -0.25) is 4.79 Å². The predicted octanol–water partition coefficient (Wildman–Crippen LogP) is 3.10. The lowest BCUT2D eigenvalue weighted by atomic mass is 9.86. The highest BCUT2D eigenvalue weighted by Crippen LogP contribution is 2.36. The van der Waals surface area contributed by atoms with E-state index in [1.54, 1.807) is 0 Å². The molecule has 0 saturated heterocycles. The van der Waals surface area contributed by atoms with Crippen molar-refractivity contribution in [1.29, 1.82) is 0 Å². The Labute approximate surface area is 123 Å². The first kappa shape index (κ1) is 14.4. The summed E-state index contributed by atoms with van der Waals surface area (Å²) in [6, 6.07) is 5.93. The van der Waals surface area contributed by atoms with Crippen molar-refractivity contribution in [2.75, 3.05) is 11.9 Å². The molecule has 2 N–H and O–H groups in total. The van der Waals surface area contributed by atoms with Gasteiger partial charge in [-0.1, -0.05) is 6.07 Å². The van der Waals surface area contributed by atoms with Gasteiger partial charge >= 0.3 is 0 Å². The van der Waals surface area contributed by atoms with Crippen LogP contribution in [0.3, 0.4) is 0 Å². The number of carbonyl (C=O) groups is 1. The molecule has 0 bridgehead atoms. The summed E-state index contributed by atoms with van der Waals surface area (Å²) < 4.78 is 26.2. The molecule has 0 radical (unpaired) electrons. The summed E-state index contributed by atoms with van der Waals surface area (Å²) in [7, 11) is 0. The molecule has 1 aromatic carbocycles. The van der Waals surface area contributed by atoms with Crippen LogP contribution < -0.4 is 10.6 Å². The van der Waals surface area contributed by atoms with Crippen LogP contribution in [0.25, 0.3) is 0 Å². The molecule has 3 nitrogen and oxygen atoms in total. The lowest BCUT2D eigenvalue weighted by Gasteiger charge is -2.27. The fourth-order valence-corrected chi connectivity index (χ4v) is 3.10. The number of hydrogen-bond donors (Lipinski definition) is 2. The largest absolute Gasteiger partial charge is 0.326 e. The topological polar surface area (TPSA) is 41.1 Å². The Hall–Kier alpha value is -1.49. The Morgan fingerprint density at radius 3 is 2.76 bits per heavy atom. The molecule has 1 amide bonds. The van der Waals surface area contributed by atoms with E-state index in [-0.39, 0.29) is 37.5 Å². The van der Waals surface area contributed by atoms with Crippen LogP contribution in [0.1, 0.15) is 36.8 Å². The third-order valence-corrected chi connectivity index (χ3v) is 4.45. The van der Waals surface area contributed by atoms with Crippen LogP contribution in [-0.4, -0.2) is 18.4 Å². The van der Waals surface area contributed by atoms with Crippen LogP contribution in [0.5, 0.6) is 0 Å². The lowest BCUT2D eigenvalue weighted by molar-refractivity contribution is -0.124. The zero-order chi connectivity index (χ0) is 14.9. The first-order chi connectivity index (χ1) is 10.0. The standard InChI is InChI=1S/C16H20F2N2O/c17-16(18)6-3-12(4-7-16)15(21)20-14-2-1-11-5-8-19-10-13(11)9-14/h1-2,9,12,19H,3-8,10H2,(H,20,21). The van der Waals surface area contributed by atoms with Crippen molar-refractivity contribution in [3.8, 4) is 0 Å². The number of alkyl halides is 2. The summed E-state index contributed by atoms with van der Waals surface area (Å²) in [6.07, 6.45) is 1.18. The van der Waals surface area contributed by atoms with E-state index in [2.05, 4.69) is 10.6 Å². The molecule has 114 valence electrons. The molecule has 0 atom stereocenters. The van der Waals surface area contributed by atoms with Crippen LogP contribution >= 0.6 is 0 Å². The lowest BCUT2D eigenvalue weighted by Crippen LogP contribution is -2.32. The third kappa shape index (κ3) is 3.40. The van der Waals surface area contributed by atoms with E-state index in [4.69, 9.17) is 0 Å². The number of carbonyl (C=O) groups excluding carboxylic acids is 1. The molecule has 2 aliphatic rings. The van der Waals surface area contributed by atoms with E-state index < -0.39 is 5.92 Å². The van der Waals surface area contributed by atoms with Gasteiger partial charge in [-0.25, -0.2) is 8.78 Å². The first-order valence-electron chi connectivity index (χ1n) is 7.55. The normalized spacial score (nSPS) is 21.6. The van der Waals surface area contributed by atoms with Crippen molar-refractivity contribution in [3.63, 3.8) is 0 Å². The summed E-state index contributed by atoms with van der Waals surface area (Å²) >= 11 is 0. The van der Waals surface area contributed by atoms with Crippen LogP contribution in [0.4, 0.5) is 14.5 Å². The first-order valence-corrected chi connectivity index (χ1v) is 7.55. The third-order valence-electron chi connectivity index (χ3n) is 4.45. The maximum atomic E-state index is 13.1. The highest BCUT2D eigenvalue weighted by Gasteiger charge is 2.37. The van der Waals surface area contributed by atoms with E-state index >= 15 is 0 Å². The van der Waals surface area contributed by atoms with Crippen molar-refractivity contribution >= 4 is 11.6 Å². The van der Waals surface area contributed by atoms with E-state index in [0.29, 0.717) is 0 Å². The number of rotatable bonds is 2. The van der Waals surface area contributed by atoms with Gasteiger partial charge in [0.25, 0.3) is 0 Å². The highest BCUT2D eigenvalue weighted by molar-refractivity contribution is 5.92. The number of nitrogens with one attached hydrogen (secondary N) is 2. The smallest absolute Gasteiger partial charge is 0.248 e. The van der Waals surface area contributed by atoms with Crippen molar-refractivity contribution in [3.05, 3.63) is 29.3 Å². The molecular weight excluding hydrogens is 274 g/mol. The fraction of sp³-hybridized carbons (Fsp3) is 0.562. The molecule has 1 fully saturated rings. The van der Waals surface area contributed by atoms with Gasteiger partial charge < -0.3 is 10.6 Å². The van der Waals surface area contributed by atoms with E-state index in [9.17, 15) is 13.6 Å². The van der Waals surface area contributed by atoms with Gasteiger partial charge in [0.15, 0.2) is 0 Å². The molecule has 3 rings (SSSR count). The summed E-state index contributed by atoms with van der Waals surface area (Å²) in [5, 5.41) is 6.18. The van der Waals surface area contributed by atoms with E-state index in [0.717, 1.165) is 25.2 Å². The zero-order valence-electron chi connectivity index (χ0n) is 11.9. The van der Waals surface area contributed by atoms with Gasteiger partial charge in [0, 0.05) is 31.0 Å². The summed E-state index contributed by atoms with van der Waals surface area (Å²) in [5.74, 6) is -3.01. The second kappa shape index (κ2) is 5.72. The molecule has 0 unspecified atom stereocenters. The second-order valence-corrected chi connectivity index (χ2v) is 6.03. The molecular formula is C16H20F2N2O. The second-order valence-electron chi connectivity index (χ2n) is 6.03. The van der Waals surface area contributed by atoms with Crippen molar-refractivity contribution < 1.29 is 13.6 Å². The van der Waals surface area contributed by atoms with E-state index in [1.165, 1.54) is 11.1 Å². The van der Waals surface area contributed by atoms with Crippen molar-refractivity contribution in [2.45, 2.75) is 44.6 Å². The van der Waals surface area contributed by atoms with Gasteiger partial charge in [-0.05, 0) is 49.1 Å². The van der Waals surface area contributed by atoms with Gasteiger partial charge in [-0.15, -0.1) is 0 Å². The Bertz CT molecular complexity index is 535. The van der Waals surface area contributed by atoms with Crippen molar-refractivity contribution in [2.24, 2.45) is 5.92 Å². The average molecular weight is 294 g/mol. The van der Waals surface area contributed by atoms with Crippen LogP contribution in [0, 0.1) is 5.92 Å². The van der Waals surface area contributed by atoms with Crippen LogP contribution in [0.2, 0.25) is 0 Å². The number of fused-ring (bicyclic) bond motifs is 1. The number of halogens is 2. The molecule has 1 saturated carbocycles. The SMILES string of the molecule is O=C(Nc1ccc2c(c1)CNCC2)C1CCC(F)(F)CC1. The average Bonchev–Trinajstić information content (AvgIpc) is 2.47. The summed E-state index contributed by atoms with van der Waals surface area (Å²) in [5.41, 5.74) is 3.28. The predicted molar refractivity (Wildman–Crippen MR) is 77.4 cm³/mol. The number of benzene rings is 1. The Morgan fingerprint density at radius 1 is 1.24 bits per heavy atom. The molecule has 1 aliphatic heterocycles. The van der Waals surface area contributed by atoms with Gasteiger partial charge in [0.2, 0.25) is 11.8 Å². The number of amides is 1. The molecule has 1 aliphatic carbocycles. The summed E-state index contributed by atoms with van der Waals surface area (Å²) in [6.45, 7) is 1.80. The molecule has 21 heavy (non-hydrogen) atoms. The maximum absolute atomic E-state index is 13.1. The monoisotopic (exact) mass is 294 g/mol. The molecule has 5 heteroatoms. The minimum absolute atomic E-state index is 0.130. The fourth-order valence-electron chi connectivity index (χ4n) is 3.10. The molecule has 0 spiro atoms. The van der Waals surface area contributed by atoms with Crippen LogP contribution in [-0.2, 0) is 17.8 Å². The minimum Gasteiger partial charge on any atom is -0.326 e. The zero-order valence-corrected chi connectivity index (χ0v) is 11.9. The Balaban J connectivity index is 1.62. The minimum atomic E-state index is -2.59. The van der Waals surface area contributed by atoms with E-state index in [1.807, 2.05) is 18.2 Å². The molecule has 1 heterocycles.